The molecule has 0 heterocycles. The van der Waals surface area contributed by atoms with E-state index >= 15 is 0 Å². The summed E-state index contributed by atoms with van der Waals surface area (Å²) in [6, 6.07) is 11.1. The molecule has 1 aromatic rings. The van der Waals surface area contributed by atoms with Crippen molar-refractivity contribution >= 4 is 0 Å². The van der Waals surface area contributed by atoms with Crippen LogP contribution in [0.4, 0.5) is 0 Å². The molecule has 2 heteroatoms. The van der Waals surface area contributed by atoms with Crippen LogP contribution in [0.15, 0.2) is 30.3 Å². The first-order valence-electron chi connectivity index (χ1n) is 8.65. The maximum Gasteiger partial charge on any atom is 0.0977 e. The SMILES string of the molecule is CCOC(c1ccccc1)C(CC1CC2CCC1C2)NC. The van der Waals surface area contributed by atoms with E-state index in [0.29, 0.717) is 6.04 Å². The van der Waals surface area contributed by atoms with Crippen LogP contribution in [0.1, 0.15) is 50.7 Å². The van der Waals surface area contributed by atoms with Crippen molar-refractivity contribution in [1.82, 2.24) is 5.32 Å². The van der Waals surface area contributed by atoms with Gasteiger partial charge in [0.1, 0.15) is 0 Å². The third-order valence-corrected chi connectivity index (χ3v) is 5.65. The zero-order chi connectivity index (χ0) is 14.7. The minimum absolute atomic E-state index is 0.181. The van der Waals surface area contributed by atoms with Crippen molar-refractivity contribution in [3.05, 3.63) is 35.9 Å². The van der Waals surface area contributed by atoms with Crippen molar-refractivity contribution in [1.29, 1.82) is 0 Å². The van der Waals surface area contributed by atoms with Gasteiger partial charge in [0.25, 0.3) is 0 Å². The zero-order valence-corrected chi connectivity index (χ0v) is 13.4. The van der Waals surface area contributed by atoms with Gasteiger partial charge in [-0.1, -0.05) is 36.8 Å². The molecular weight excluding hydrogens is 258 g/mol. The normalized spacial score (nSPS) is 30.5. The van der Waals surface area contributed by atoms with Crippen molar-refractivity contribution in [3.8, 4) is 0 Å². The van der Waals surface area contributed by atoms with Crippen LogP contribution in [-0.2, 0) is 4.74 Å². The highest BCUT2D eigenvalue weighted by Gasteiger charge is 2.41. The van der Waals surface area contributed by atoms with E-state index in [-0.39, 0.29) is 6.10 Å². The molecule has 2 fully saturated rings. The van der Waals surface area contributed by atoms with Crippen LogP contribution in [0, 0.1) is 17.8 Å². The molecule has 5 unspecified atom stereocenters. The van der Waals surface area contributed by atoms with E-state index in [1.165, 1.54) is 37.7 Å². The number of nitrogens with one attached hydrogen (secondary N) is 1. The van der Waals surface area contributed by atoms with Gasteiger partial charge in [0.2, 0.25) is 0 Å². The van der Waals surface area contributed by atoms with Crippen molar-refractivity contribution in [2.45, 2.75) is 51.2 Å². The third-order valence-electron chi connectivity index (χ3n) is 5.65. The zero-order valence-electron chi connectivity index (χ0n) is 13.4. The summed E-state index contributed by atoms with van der Waals surface area (Å²) >= 11 is 0. The third kappa shape index (κ3) is 3.32. The molecule has 0 aromatic heterocycles. The number of fused-ring (bicyclic) bond motifs is 2. The van der Waals surface area contributed by atoms with Crippen LogP contribution >= 0.6 is 0 Å². The van der Waals surface area contributed by atoms with Gasteiger partial charge in [-0.15, -0.1) is 0 Å². The first-order valence-corrected chi connectivity index (χ1v) is 8.65. The second-order valence-electron chi connectivity index (χ2n) is 6.85. The first kappa shape index (κ1) is 15.1. The van der Waals surface area contributed by atoms with Gasteiger partial charge < -0.3 is 10.1 Å². The topological polar surface area (TPSA) is 21.3 Å². The molecule has 2 bridgehead atoms. The summed E-state index contributed by atoms with van der Waals surface area (Å²) in [4.78, 5) is 0. The summed E-state index contributed by atoms with van der Waals surface area (Å²) < 4.78 is 6.11. The molecule has 0 saturated heterocycles. The highest BCUT2D eigenvalue weighted by atomic mass is 16.5. The van der Waals surface area contributed by atoms with Gasteiger partial charge >= 0.3 is 0 Å². The number of hydrogen-bond donors (Lipinski definition) is 1. The number of ether oxygens (including phenoxy) is 1. The van der Waals surface area contributed by atoms with Gasteiger partial charge in [0, 0.05) is 12.6 Å². The summed E-state index contributed by atoms with van der Waals surface area (Å²) in [5.74, 6) is 2.93. The molecule has 5 atom stereocenters. The van der Waals surface area contributed by atoms with Gasteiger partial charge in [-0.05, 0) is 63.0 Å². The number of hydrogen-bond acceptors (Lipinski definition) is 2. The molecule has 1 N–H and O–H groups in total. The lowest BCUT2D eigenvalue weighted by Gasteiger charge is -2.32. The minimum atomic E-state index is 0.181. The molecule has 2 nitrogen and oxygen atoms in total. The largest absolute Gasteiger partial charge is 0.372 e. The summed E-state index contributed by atoms with van der Waals surface area (Å²) in [6.45, 7) is 2.87. The maximum atomic E-state index is 6.11. The Balaban J connectivity index is 1.70. The maximum absolute atomic E-state index is 6.11. The van der Waals surface area contributed by atoms with E-state index in [2.05, 4.69) is 49.6 Å². The van der Waals surface area contributed by atoms with E-state index in [1.54, 1.807) is 0 Å². The molecular formula is C19H29NO. The van der Waals surface area contributed by atoms with Crippen LogP contribution in [0.2, 0.25) is 0 Å². The smallest absolute Gasteiger partial charge is 0.0977 e. The van der Waals surface area contributed by atoms with Crippen LogP contribution in [0.3, 0.4) is 0 Å². The van der Waals surface area contributed by atoms with Gasteiger partial charge in [0.15, 0.2) is 0 Å². The first-order chi connectivity index (χ1) is 10.3. The summed E-state index contributed by atoms with van der Waals surface area (Å²) in [5.41, 5.74) is 1.31. The lowest BCUT2D eigenvalue weighted by Crippen LogP contribution is -2.36. The molecule has 21 heavy (non-hydrogen) atoms. The van der Waals surface area contributed by atoms with E-state index < -0.39 is 0 Å². The van der Waals surface area contributed by atoms with Crippen molar-refractivity contribution in [3.63, 3.8) is 0 Å². The number of likely N-dealkylation sites (N-methyl/N-ethyl adjacent to an activating group) is 1. The molecule has 116 valence electrons. The van der Waals surface area contributed by atoms with Crippen molar-refractivity contribution < 1.29 is 4.74 Å². The lowest BCUT2D eigenvalue weighted by molar-refractivity contribution is 0.0257. The Bertz CT molecular complexity index is 432. The van der Waals surface area contributed by atoms with E-state index in [1.807, 2.05) is 0 Å². The molecule has 0 spiro atoms. The lowest BCUT2D eigenvalue weighted by atomic mass is 9.82. The second-order valence-corrected chi connectivity index (χ2v) is 6.85. The highest BCUT2D eigenvalue weighted by Crippen LogP contribution is 2.50. The van der Waals surface area contributed by atoms with Crippen molar-refractivity contribution in [2.24, 2.45) is 17.8 Å². The minimum Gasteiger partial charge on any atom is -0.372 e. The van der Waals surface area contributed by atoms with Gasteiger partial charge in [-0.3, -0.25) is 0 Å². The molecule has 1 aromatic carbocycles. The van der Waals surface area contributed by atoms with E-state index in [0.717, 1.165) is 24.4 Å². The fourth-order valence-corrected chi connectivity index (χ4v) is 4.65. The van der Waals surface area contributed by atoms with Crippen LogP contribution < -0.4 is 5.32 Å². The predicted molar refractivity (Wildman–Crippen MR) is 87.2 cm³/mol. The Hall–Kier alpha value is -0.860. The Kier molecular flexibility index (Phi) is 4.97. The Labute approximate surface area is 129 Å². The molecule has 2 aliphatic carbocycles. The molecule has 3 rings (SSSR count). The predicted octanol–water partition coefficient (Wildman–Crippen LogP) is 4.18. The molecule has 0 radical (unpaired) electrons. The van der Waals surface area contributed by atoms with Crippen molar-refractivity contribution in [2.75, 3.05) is 13.7 Å². The molecule has 0 amide bonds. The fourth-order valence-electron chi connectivity index (χ4n) is 4.65. The summed E-state index contributed by atoms with van der Waals surface area (Å²) in [5, 5.41) is 3.55. The number of rotatable bonds is 7. The Morgan fingerprint density at radius 1 is 1.19 bits per heavy atom. The molecule has 2 saturated carbocycles. The van der Waals surface area contributed by atoms with Gasteiger partial charge in [-0.2, -0.15) is 0 Å². The Morgan fingerprint density at radius 2 is 2.00 bits per heavy atom. The van der Waals surface area contributed by atoms with Crippen LogP contribution in [-0.4, -0.2) is 19.7 Å². The molecule has 0 aliphatic heterocycles. The fraction of sp³-hybridized carbons (Fsp3) is 0.684. The summed E-state index contributed by atoms with van der Waals surface area (Å²) in [6.07, 6.45) is 7.34. The van der Waals surface area contributed by atoms with Crippen LogP contribution in [0.25, 0.3) is 0 Å². The van der Waals surface area contributed by atoms with E-state index in [9.17, 15) is 0 Å². The van der Waals surface area contributed by atoms with E-state index in [4.69, 9.17) is 4.74 Å². The number of benzene rings is 1. The molecule has 2 aliphatic rings. The second kappa shape index (κ2) is 6.93. The quantitative estimate of drug-likeness (QED) is 0.812. The van der Waals surface area contributed by atoms with Gasteiger partial charge in [-0.25, -0.2) is 0 Å². The Morgan fingerprint density at radius 3 is 2.57 bits per heavy atom. The average Bonchev–Trinajstić information content (AvgIpc) is 3.14. The summed E-state index contributed by atoms with van der Waals surface area (Å²) in [7, 11) is 2.09. The standard InChI is InChI=1S/C19H29NO/c1-3-21-19(15-7-5-4-6-8-15)18(20-2)13-17-12-14-9-10-16(17)11-14/h4-8,14,16-20H,3,9-13H2,1-2H3. The van der Waals surface area contributed by atoms with Gasteiger partial charge in [0.05, 0.1) is 6.10 Å². The highest BCUT2D eigenvalue weighted by molar-refractivity contribution is 5.19. The monoisotopic (exact) mass is 287 g/mol. The van der Waals surface area contributed by atoms with Crippen LogP contribution in [0.5, 0.6) is 0 Å². The average molecular weight is 287 g/mol.